The lowest BCUT2D eigenvalue weighted by Gasteiger charge is -2.33. The predicted octanol–water partition coefficient (Wildman–Crippen LogP) is 1.56. The van der Waals surface area contributed by atoms with Crippen molar-refractivity contribution in [3.8, 4) is 5.75 Å². The van der Waals surface area contributed by atoms with Crippen molar-refractivity contribution in [3.05, 3.63) is 22.2 Å². The Hall–Kier alpha value is -0.570. The van der Waals surface area contributed by atoms with E-state index in [9.17, 15) is 13.5 Å². The van der Waals surface area contributed by atoms with Gasteiger partial charge in [0.15, 0.2) is 9.84 Å². The third kappa shape index (κ3) is 4.97. The zero-order valence-corrected chi connectivity index (χ0v) is 15.7. The average Bonchev–Trinajstić information content (AvgIpc) is 2.51. The Balaban J connectivity index is 2.07. The minimum atomic E-state index is -3.57. The Morgan fingerprint density at radius 2 is 2.00 bits per heavy atom. The van der Waals surface area contributed by atoms with E-state index >= 15 is 0 Å². The summed E-state index contributed by atoms with van der Waals surface area (Å²) in [6.45, 7) is 2.26. The molecular formula is C15H22Cl2N2O4S. The summed E-state index contributed by atoms with van der Waals surface area (Å²) in [5.41, 5.74) is 5.42. The molecule has 0 aliphatic carbocycles. The van der Waals surface area contributed by atoms with Gasteiger partial charge in [0.1, 0.15) is 16.7 Å². The lowest BCUT2D eigenvalue weighted by molar-refractivity contribution is 0.0630. The molecule has 24 heavy (non-hydrogen) atoms. The Bertz CT molecular complexity index is 676. The van der Waals surface area contributed by atoms with Gasteiger partial charge in [0.2, 0.25) is 0 Å². The molecule has 0 radical (unpaired) electrons. The van der Waals surface area contributed by atoms with Crippen molar-refractivity contribution < 1.29 is 18.3 Å². The molecule has 1 aromatic rings. The molecule has 1 aromatic carbocycles. The van der Waals surface area contributed by atoms with E-state index in [-0.39, 0.29) is 33.3 Å². The number of piperidine rings is 1. The molecule has 6 nitrogen and oxygen atoms in total. The highest BCUT2D eigenvalue weighted by atomic mass is 35.5. The molecule has 1 heterocycles. The van der Waals surface area contributed by atoms with Gasteiger partial charge in [-0.25, -0.2) is 8.42 Å². The van der Waals surface area contributed by atoms with Crippen LogP contribution in [0.25, 0.3) is 0 Å². The van der Waals surface area contributed by atoms with Crippen molar-refractivity contribution in [1.29, 1.82) is 0 Å². The van der Waals surface area contributed by atoms with Gasteiger partial charge in [-0.05, 0) is 25.0 Å². The number of nitrogens with two attached hydrogens (primary N) is 1. The molecule has 1 unspecified atom stereocenters. The first-order valence-corrected chi connectivity index (χ1v) is 10.3. The zero-order valence-electron chi connectivity index (χ0n) is 13.4. The number of aliphatic hydroxyl groups is 1. The Morgan fingerprint density at radius 3 is 2.54 bits per heavy atom. The predicted molar refractivity (Wildman–Crippen MR) is 94.7 cm³/mol. The Kier molecular flexibility index (Phi) is 6.75. The molecular weight excluding hydrogens is 375 g/mol. The largest absolute Gasteiger partial charge is 0.489 e. The van der Waals surface area contributed by atoms with E-state index in [2.05, 4.69) is 4.90 Å². The van der Waals surface area contributed by atoms with Gasteiger partial charge in [-0.1, -0.05) is 23.2 Å². The topological polar surface area (TPSA) is 92.9 Å². The van der Waals surface area contributed by atoms with Gasteiger partial charge in [0.25, 0.3) is 0 Å². The van der Waals surface area contributed by atoms with Crippen molar-refractivity contribution in [2.24, 2.45) is 5.73 Å². The molecule has 0 aromatic heterocycles. The lowest BCUT2D eigenvalue weighted by atomic mass is 10.1. The van der Waals surface area contributed by atoms with Gasteiger partial charge in [0.05, 0.1) is 16.1 Å². The summed E-state index contributed by atoms with van der Waals surface area (Å²) >= 11 is 12.0. The standard InChI is InChI=1S/C15H22Cl2N2O4S/c1-24(21,22)15-13(3-2-12(16)14(15)17)23-11-4-6-19(7-5-11)9-10(20)8-18/h2-3,10-11,20H,4-9,18H2,1H3. The maximum atomic E-state index is 12.0. The summed E-state index contributed by atoms with van der Waals surface area (Å²) in [4.78, 5) is 2.04. The van der Waals surface area contributed by atoms with Crippen LogP contribution in [-0.2, 0) is 9.84 Å². The normalized spacial score (nSPS) is 18.5. The van der Waals surface area contributed by atoms with Crippen molar-refractivity contribution in [1.82, 2.24) is 4.90 Å². The highest BCUT2D eigenvalue weighted by Gasteiger charge is 2.26. The highest BCUT2D eigenvalue weighted by molar-refractivity contribution is 7.91. The van der Waals surface area contributed by atoms with Gasteiger partial charge < -0.3 is 20.5 Å². The fourth-order valence-corrected chi connectivity index (χ4v) is 4.42. The summed E-state index contributed by atoms with van der Waals surface area (Å²) < 4.78 is 29.9. The SMILES string of the molecule is CS(=O)(=O)c1c(OC2CCN(CC(O)CN)CC2)ccc(Cl)c1Cl. The molecule has 0 saturated carbocycles. The first-order valence-electron chi connectivity index (χ1n) is 7.67. The first-order chi connectivity index (χ1) is 11.2. The number of β-amino-alcohol motifs (C(OH)–C–C–N with tert-alkyl or cyclic N) is 1. The fourth-order valence-electron chi connectivity index (χ4n) is 2.71. The minimum Gasteiger partial charge on any atom is -0.489 e. The summed E-state index contributed by atoms with van der Waals surface area (Å²) in [5, 5.41) is 9.76. The number of hydrogen-bond acceptors (Lipinski definition) is 6. The monoisotopic (exact) mass is 396 g/mol. The van der Waals surface area contributed by atoms with E-state index in [1.54, 1.807) is 0 Å². The molecule has 3 N–H and O–H groups in total. The van der Waals surface area contributed by atoms with Crippen LogP contribution in [0.4, 0.5) is 0 Å². The van der Waals surface area contributed by atoms with Crippen molar-refractivity contribution in [2.75, 3.05) is 32.4 Å². The van der Waals surface area contributed by atoms with Crippen molar-refractivity contribution >= 4 is 33.0 Å². The van der Waals surface area contributed by atoms with Crippen LogP contribution >= 0.6 is 23.2 Å². The molecule has 1 aliphatic heterocycles. The zero-order chi connectivity index (χ0) is 17.9. The summed E-state index contributed by atoms with van der Waals surface area (Å²) in [7, 11) is -3.57. The van der Waals surface area contributed by atoms with Gasteiger partial charge in [0, 0.05) is 32.4 Å². The second-order valence-corrected chi connectivity index (χ2v) is 8.71. The van der Waals surface area contributed by atoms with Crippen LogP contribution in [0.3, 0.4) is 0 Å². The Morgan fingerprint density at radius 1 is 1.38 bits per heavy atom. The van der Waals surface area contributed by atoms with E-state index in [1.165, 1.54) is 12.1 Å². The van der Waals surface area contributed by atoms with Crippen LogP contribution in [0.15, 0.2) is 17.0 Å². The minimum absolute atomic E-state index is 0.0137. The fraction of sp³-hybridized carbons (Fsp3) is 0.600. The highest BCUT2D eigenvalue weighted by Crippen LogP contribution is 2.37. The van der Waals surface area contributed by atoms with Crippen LogP contribution in [0, 0.1) is 0 Å². The van der Waals surface area contributed by atoms with Crippen LogP contribution in [0.2, 0.25) is 10.0 Å². The molecule has 1 fully saturated rings. The molecule has 1 aliphatic rings. The van der Waals surface area contributed by atoms with E-state index in [0.717, 1.165) is 32.2 Å². The number of hydrogen-bond donors (Lipinski definition) is 2. The van der Waals surface area contributed by atoms with Crippen LogP contribution < -0.4 is 10.5 Å². The molecule has 0 bridgehead atoms. The van der Waals surface area contributed by atoms with Crippen molar-refractivity contribution in [3.63, 3.8) is 0 Å². The number of rotatable bonds is 6. The summed E-state index contributed by atoms with van der Waals surface area (Å²) in [6, 6.07) is 3.07. The number of likely N-dealkylation sites (tertiary alicyclic amines) is 1. The molecule has 0 amide bonds. The van der Waals surface area contributed by atoms with E-state index in [0.29, 0.717) is 6.54 Å². The maximum Gasteiger partial charge on any atom is 0.180 e. The summed E-state index contributed by atoms with van der Waals surface area (Å²) in [6.07, 6.45) is 1.87. The number of ether oxygens (including phenoxy) is 1. The van der Waals surface area contributed by atoms with E-state index in [1.807, 2.05) is 0 Å². The van der Waals surface area contributed by atoms with Crippen LogP contribution in [0.1, 0.15) is 12.8 Å². The molecule has 0 spiro atoms. The lowest BCUT2D eigenvalue weighted by Crippen LogP contribution is -2.43. The van der Waals surface area contributed by atoms with Gasteiger partial charge in [-0.2, -0.15) is 0 Å². The molecule has 9 heteroatoms. The molecule has 2 rings (SSSR count). The van der Waals surface area contributed by atoms with Crippen molar-refractivity contribution in [2.45, 2.75) is 29.9 Å². The third-order valence-electron chi connectivity index (χ3n) is 3.95. The number of sulfone groups is 1. The van der Waals surface area contributed by atoms with E-state index in [4.69, 9.17) is 33.7 Å². The average molecular weight is 397 g/mol. The second-order valence-electron chi connectivity index (χ2n) is 5.97. The second kappa shape index (κ2) is 8.21. The van der Waals surface area contributed by atoms with Gasteiger partial charge >= 0.3 is 0 Å². The number of nitrogens with zero attached hydrogens (tertiary/aromatic N) is 1. The maximum absolute atomic E-state index is 12.0. The van der Waals surface area contributed by atoms with Gasteiger partial charge in [-0.15, -0.1) is 0 Å². The number of benzene rings is 1. The first kappa shape index (κ1) is 19.8. The van der Waals surface area contributed by atoms with E-state index < -0.39 is 15.9 Å². The molecule has 136 valence electrons. The number of aliphatic hydroxyl groups excluding tert-OH is 1. The van der Waals surface area contributed by atoms with Crippen LogP contribution in [-0.4, -0.2) is 63.1 Å². The molecule has 1 atom stereocenters. The van der Waals surface area contributed by atoms with Crippen LogP contribution in [0.5, 0.6) is 5.75 Å². The number of halogens is 2. The molecule has 1 saturated heterocycles. The quantitative estimate of drug-likeness (QED) is 0.757. The Labute approximate surface area is 152 Å². The summed E-state index contributed by atoms with van der Waals surface area (Å²) in [5.74, 6) is 0.229. The van der Waals surface area contributed by atoms with Gasteiger partial charge in [-0.3, -0.25) is 0 Å². The third-order valence-corrected chi connectivity index (χ3v) is 6.02. The smallest absolute Gasteiger partial charge is 0.180 e.